The largest absolute Gasteiger partial charge is 0.357 e. The van der Waals surface area contributed by atoms with Crippen molar-refractivity contribution in [3.63, 3.8) is 0 Å². The number of rotatable bonds is 4. The summed E-state index contributed by atoms with van der Waals surface area (Å²) in [5.74, 6) is -0.649. The zero-order valence-electron chi connectivity index (χ0n) is 15.7. The number of carbonyl (C=O) groups is 2. The Balaban J connectivity index is 1.77. The van der Waals surface area contributed by atoms with Crippen molar-refractivity contribution in [1.29, 1.82) is 0 Å². The fourth-order valence-corrected chi connectivity index (χ4v) is 3.95. The molecular formula is C22H22FN3O2. The Morgan fingerprint density at radius 3 is 2.68 bits per heavy atom. The summed E-state index contributed by atoms with van der Waals surface area (Å²) in [6.45, 7) is 0.790. The lowest BCUT2D eigenvalue weighted by Crippen LogP contribution is -2.45. The molecule has 1 fully saturated rings. The van der Waals surface area contributed by atoms with Crippen molar-refractivity contribution >= 4 is 22.7 Å². The van der Waals surface area contributed by atoms with Crippen molar-refractivity contribution in [3.05, 3.63) is 71.7 Å². The number of aromatic nitrogens is 1. The maximum atomic E-state index is 14.3. The van der Waals surface area contributed by atoms with Crippen LogP contribution in [0.15, 0.2) is 54.6 Å². The minimum absolute atomic E-state index is 0.150. The molecule has 1 saturated heterocycles. The van der Waals surface area contributed by atoms with Crippen molar-refractivity contribution in [3.8, 4) is 0 Å². The third-order valence-corrected chi connectivity index (χ3v) is 5.38. The molecule has 4 rings (SSSR count). The minimum atomic E-state index is -0.461. The Labute approximate surface area is 162 Å². The maximum absolute atomic E-state index is 14.3. The number of hydrogen-bond donors (Lipinski definition) is 1. The van der Waals surface area contributed by atoms with Crippen molar-refractivity contribution < 1.29 is 14.0 Å². The van der Waals surface area contributed by atoms with Gasteiger partial charge in [-0.2, -0.15) is 0 Å². The molecule has 6 heteroatoms. The smallest absolute Gasteiger partial charge is 0.271 e. The van der Waals surface area contributed by atoms with Gasteiger partial charge in [0.05, 0.1) is 6.54 Å². The molecule has 28 heavy (non-hydrogen) atoms. The number of likely N-dealkylation sites (tertiary alicyclic amines) is 1. The van der Waals surface area contributed by atoms with Crippen LogP contribution in [0.4, 0.5) is 4.39 Å². The van der Waals surface area contributed by atoms with E-state index in [9.17, 15) is 14.0 Å². The second-order valence-corrected chi connectivity index (χ2v) is 7.04. The number of hydrogen-bond acceptors (Lipinski definition) is 2. The first-order valence-corrected chi connectivity index (χ1v) is 9.44. The van der Waals surface area contributed by atoms with Gasteiger partial charge >= 0.3 is 0 Å². The molecule has 144 valence electrons. The Hall–Kier alpha value is -3.15. The molecule has 0 spiro atoms. The highest BCUT2D eigenvalue weighted by Crippen LogP contribution is 2.26. The zero-order valence-corrected chi connectivity index (χ0v) is 15.7. The lowest BCUT2D eigenvalue weighted by atomic mass is 10.2. The van der Waals surface area contributed by atoms with Gasteiger partial charge in [0.25, 0.3) is 5.91 Å². The molecule has 0 saturated carbocycles. The molecule has 5 nitrogen and oxygen atoms in total. The number of halogens is 1. The van der Waals surface area contributed by atoms with Crippen LogP contribution in [0.5, 0.6) is 0 Å². The van der Waals surface area contributed by atoms with Gasteiger partial charge in [0.2, 0.25) is 5.91 Å². The molecule has 1 unspecified atom stereocenters. The summed E-state index contributed by atoms with van der Waals surface area (Å²) < 4.78 is 16.1. The number of carbonyl (C=O) groups excluding carboxylic acids is 2. The highest BCUT2D eigenvalue weighted by molar-refractivity contribution is 6.01. The van der Waals surface area contributed by atoms with Crippen LogP contribution in [0, 0.1) is 5.82 Å². The van der Waals surface area contributed by atoms with Gasteiger partial charge in [0, 0.05) is 30.1 Å². The van der Waals surface area contributed by atoms with Crippen molar-refractivity contribution in [2.24, 2.45) is 0 Å². The van der Waals surface area contributed by atoms with E-state index in [2.05, 4.69) is 5.32 Å². The predicted octanol–water partition coefficient (Wildman–Crippen LogP) is 3.18. The summed E-state index contributed by atoms with van der Waals surface area (Å²) in [6, 6.07) is 15.6. The number of fused-ring (bicyclic) bond motifs is 1. The van der Waals surface area contributed by atoms with E-state index in [4.69, 9.17) is 0 Å². The molecule has 1 atom stereocenters. The third-order valence-electron chi connectivity index (χ3n) is 5.38. The van der Waals surface area contributed by atoms with E-state index < -0.39 is 6.04 Å². The fraction of sp³-hybridized carbons (Fsp3) is 0.273. The Morgan fingerprint density at radius 1 is 1.14 bits per heavy atom. The Morgan fingerprint density at radius 2 is 1.89 bits per heavy atom. The topological polar surface area (TPSA) is 54.3 Å². The monoisotopic (exact) mass is 379 g/mol. The molecular weight excluding hydrogens is 357 g/mol. The number of likely N-dealkylation sites (N-methyl/N-ethyl adjacent to an activating group) is 1. The van der Waals surface area contributed by atoms with Crippen LogP contribution in [-0.2, 0) is 11.3 Å². The third kappa shape index (κ3) is 3.15. The molecule has 2 aromatic carbocycles. The van der Waals surface area contributed by atoms with Gasteiger partial charge in [-0.05, 0) is 31.0 Å². The first-order valence-electron chi connectivity index (χ1n) is 9.44. The summed E-state index contributed by atoms with van der Waals surface area (Å²) in [4.78, 5) is 27.2. The van der Waals surface area contributed by atoms with Gasteiger partial charge in [-0.15, -0.1) is 0 Å². The van der Waals surface area contributed by atoms with E-state index in [0.29, 0.717) is 24.2 Å². The van der Waals surface area contributed by atoms with Gasteiger partial charge < -0.3 is 14.8 Å². The summed E-state index contributed by atoms with van der Waals surface area (Å²) in [6.07, 6.45) is 1.44. The van der Waals surface area contributed by atoms with Crippen LogP contribution in [-0.4, -0.2) is 40.9 Å². The molecule has 3 aromatic rings. The van der Waals surface area contributed by atoms with Crippen LogP contribution in [0.3, 0.4) is 0 Å². The van der Waals surface area contributed by atoms with Gasteiger partial charge in [-0.3, -0.25) is 9.59 Å². The average molecular weight is 379 g/mol. The second kappa shape index (κ2) is 7.46. The molecule has 2 amide bonds. The van der Waals surface area contributed by atoms with Crippen molar-refractivity contribution in [1.82, 2.24) is 14.8 Å². The Bertz CT molecular complexity index is 1040. The SMILES string of the molecule is CNC(=O)C1CCCN1C(=O)c1cc2ccccc2n1Cc1ccccc1F. The van der Waals surface area contributed by atoms with Gasteiger partial charge in [0.1, 0.15) is 17.6 Å². The van der Waals surface area contributed by atoms with Gasteiger partial charge in [-0.1, -0.05) is 36.4 Å². The molecule has 0 radical (unpaired) electrons. The van der Waals surface area contributed by atoms with E-state index in [-0.39, 0.29) is 24.2 Å². The quantitative estimate of drug-likeness (QED) is 0.757. The van der Waals surface area contributed by atoms with Crippen molar-refractivity contribution in [2.45, 2.75) is 25.4 Å². The molecule has 1 aliphatic heterocycles. The number of benzene rings is 2. The minimum Gasteiger partial charge on any atom is -0.357 e. The first-order chi connectivity index (χ1) is 13.6. The van der Waals surface area contributed by atoms with Crippen LogP contribution in [0.1, 0.15) is 28.9 Å². The molecule has 0 bridgehead atoms. The van der Waals surface area contributed by atoms with E-state index in [1.165, 1.54) is 6.07 Å². The van der Waals surface area contributed by atoms with Crippen LogP contribution >= 0.6 is 0 Å². The summed E-state index contributed by atoms with van der Waals surface area (Å²) in [7, 11) is 1.58. The van der Waals surface area contributed by atoms with Crippen molar-refractivity contribution in [2.75, 3.05) is 13.6 Å². The van der Waals surface area contributed by atoms with Gasteiger partial charge in [-0.25, -0.2) is 4.39 Å². The number of amides is 2. The molecule has 2 heterocycles. The van der Waals surface area contributed by atoms with Crippen LogP contribution in [0.2, 0.25) is 0 Å². The molecule has 0 aliphatic carbocycles. The van der Waals surface area contributed by atoms with E-state index in [1.807, 2.05) is 34.9 Å². The highest BCUT2D eigenvalue weighted by atomic mass is 19.1. The maximum Gasteiger partial charge on any atom is 0.271 e. The lowest BCUT2D eigenvalue weighted by molar-refractivity contribution is -0.124. The molecule has 1 N–H and O–H groups in total. The van der Waals surface area contributed by atoms with Crippen LogP contribution < -0.4 is 5.32 Å². The Kier molecular flexibility index (Phi) is 4.86. The highest BCUT2D eigenvalue weighted by Gasteiger charge is 2.35. The molecule has 1 aromatic heterocycles. The predicted molar refractivity (Wildman–Crippen MR) is 106 cm³/mol. The first kappa shape index (κ1) is 18.2. The normalized spacial score (nSPS) is 16.5. The number of nitrogens with one attached hydrogen (secondary N) is 1. The standard InChI is InChI=1S/C22H22FN3O2/c1-24-21(27)19-11-6-12-25(19)22(28)20-13-15-7-3-5-10-18(15)26(20)14-16-8-2-4-9-17(16)23/h2-5,7-10,13,19H,6,11-12,14H2,1H3,(H,24,27). The van der Waals surface area contributed by atoms with Gasteiger partial charge in [0.15, 0.2) is 0 Å². The van der Waals surface area contributed by atoms with E-state index in [0.717, 1.165) is 17.3 Å². The second-order valence-electron chi connectivity index (χ2n) is 7.04. The summed E-state index contributed by atoms with van der Waals surface area (Å²) >= 11 is 0. The molecule has 1 aliphatic rings. The van der Waals surface area contributed by atoms with E-state index in [1.54, 1.807) is 30.1 Å². The lowest BCUT2D eigenvalue weighted by Gasteiger charge is -2.24. The summed E-state index contributed by atoms with van der Waals surface area (Å²) in [5.41, 5.74) is 1.85. The summed E-state index contributed by atoms with van der Waals surface area (Å²) in [5, 5.41) is 3.56. The average Bonchev–Trinajstić information content (AvgIpc) is 3.34. The van der Waals surface area contributed by atoms with E-state index >= 15 is 0 Å². The number of para-hydroxylation sites is 1. The fourth-order valence-electron chi connectivity index (χ4n) is 3.95. The number of nitrogens with zero attached hydrogens (tertiary/aromatic N) is 2. The zero-order chi connectivity index (χ0) is 19.7. The van der Waals surface area contributed by atoms with Crippen LogP contribution in [0.25, 0.3) is 10.9 Å².